The molecule has 0 aliphatic heterocycles. The normalized spacial score (nSPS) is 11.8. The molecule has 0 amide bonds. The smallest absolute Gasteiger partial charge is 0.305 e. The van der Waals surface area contributed by atoms with Crippen LogP contribution in [-0.2, 0) is 9.53 Å². The second-order valence-electron chi connectivity index (χ2n) is 3.27. The number of nitrogens with two attached hydrogens (primary N) is 1. The highest BCUT2D eigenvalue weighted by molar-refractivity contribution is 5.69. The van der Waals surface area contributed by atoms with E-state index in [9.17, 15) is 4.79 Å². The topological polar surface area (TPSA) is 52.3 Å². The van der Waals surface area contributed by atoms with Crippen LogP contribution in [0.5, 0.6) is 0 Å². The van der Waals surface area contributed by atoms with Crippen LogP contribution in [0, 0.1) is 0 Å². The second-order valence-corrected chi connectivity index (χ2v) is 3.27. The van der Waals surface area contributed by atoms with Crippen LogP contribution in [0.1, 0.15) is 26.2 Å². The van der Waals surface area contributed by atoms with Gasteiger partial charge in [-0.2, -0.15) is 0 Å². The standard InChI is InChI=1S/C13H21NO2/c1-3-5-7-12(10-11-14)8-6-9-13(15)16-4-2/h3,5,7,10H,1,4,6,8-9,11,14H2,2H3/b7-5-,12-10+. The second kappa shape index (κ2) is 10.2. The van der Waals surface area contributed by atoms with Crippen LogP contribution >= 0.6 is 0 Å². The lowest BCUT2D eigenvalue weighted by Gasteiger charge is -2.03. The van der Waals surface area contributed by atoms with Gasteiger partial charge in [-0.3, -0.25) is 4.79 Å². The Labute approximate surface area is 97.7 Å². The van der Waals surface area contributed by atoms with Crippen molar-refractivity contribution in [1.29, 1.82) is 0 Å². The Morgan fingerprint density at radius 3 is 2.75 bits per heavy atom. The van der Waals surface area contributed by atoms with Crippen LogP contribution < -0.4 is 5.73 Å². The van der Waals surface area contributed by atoms with E-state index in [0.29, 0.717) is 19.6 Å². The van der Waals surface area contributed by atoms with Gasteiger partial charge in [-0.15, -0.1) is 0 Å². The van der Waals surface area contributed by atoms with E-state index in [2.05, 4.69) is 6.58 Å². The summed E-state index contributed by atoms with van der Waals surface area (Å²) in [5, 5.41) is 0. The summed E-state index contributed by atoms with van der Waals surface area (Å²) in [5.41, 5.74) is 6.58. The minimum absolute atomic E-state index is 0.137. The Morgan fingerprint density at radius 2 is 2.19 bits per heavy atom. The van der Waals surface area contributed by atoms with Gasteiger partial charge in [0.15, 0.2) is 0 Å². The molecular formula is C13H21NO2. The summed E-state index contributed by atoms with van der Waals surface area (Å²) >= 11 is 0. The zero-order valence-electron chi connectivity index (χ0n) is 9.95. The lowest BCUT2D eigenvalue weighted by atomic mass is 10.1. The molecule has 0 saturated carbocycles. The highest BCUT2D eigenvalue weighted by atomic mass is 16.5. The SMILES string of the molecule is C=C/C=C\C(=C/CN)CCCC(=O)OCC. The molecule has 16 heavy (non-hydrogen) atoms. The van der Waals surface area contributed by atoms with E-state index in [-0.39, 0.29) is 5.97 Å². The van der Waals surface area contributed by atoms with Gasteiger partial charge in [-0.05, 0) is 19.8 Å². The van der Waals surface area contributed by atoms with Gasteiger partial charge in [-0.25, -0.2) is 0 Å². The van der Waals surface area contributed by atoms with Gasteiger partial charge < -0.3 is 10.5 Å². The van der Waals surface area contributed by atoms with Crippen molar-refractivity contribution in [3.05, 3.63) is 36.5 Å². The van der Waals surface area contributed by atoms with Crippen LogP contribution in [0.2, 0.25) is 0 Å². The molecule has 0 aliphatic rings. The molecule has 0 radical (unpaired) electrons. The molecular weight excluding hydrogens is 202 g/mol. The summed E-state index contributed by atoms with van der Waals surface area (Å²) in [6.07, 6.45) is 9.57. The third-order valence-corrected chi connectivity index (χ3v) is 1.98. The van der Waals surface area contributed by atoms with Crippen molar-refractivity contribution in [2.24, 2.45) is 5.73 Å². The number of esters is 1. The maximum absolute atomic E-state index is 11.1. The Morgan fingerprint density at radius 1 is 1.44 bits per heavy atom. The fraction of sp³-hybridized carbons (Fsp3) is 0.462. The molecule has 0 spiro atoms. The number of allylic oxidation sites excluding steroid dienone is 4. The summed E-state index contributed by atoms with van der Waals surface area (Å²) in [4.78, 5) is 11.1. The Balaban J connectivity index is 3.94. The molecule has 0 aromatic heterocycles. The Bertz CT molecular complexity index is 267. The summed E-state index contributed by atoms with van der Waals surface area (Å²) in [5.74, 6) is -0.137. The first kappa shape index (κ1) is 14.6. The third kappa shape index (κ3) is 8.00. The van der Waals surface area contributed by atoms with Gasteiger partial charge in [0.1, 0.15) is 0 Å². The van der Waals surface area contributed by atoms with Gasteiger partial charge in [0.05, 0.1) is 6.61 Å². The fourth-order valence-electron chi connectivity index (χ4n) is 1.27. The van der Waals surface area contributed by atoms with Gasteiger partial charge >= 0.3 is 5.97 Å². The number of rotatable bonds is 8. The molecule has 0 heterocycles. The monoisotopic (exact) mass is 223 g/mol. The van der Waals surface area contributed by atoms with E-state index in [4.69, 9.17) is 10.5 Å². The predicted octanol–water partition coefficient (Wildman–Crippen LogP) is 2.35. The third-order valence-electron chi connectivity index (χ3n) is 1.98. The van der Waals surface area contributed by atoms with E-state index in [0.717, 1.165) is 18.4 Å². The average Bonchev–Trinajstić information content (AvgIpc) is 2.26. The van der Waals surface area contributed by atoms with Crippen molar-refractivity contribution in [2.45, 2.75) is 26.2 Å². The summed E-state index contributed by atoms with van der Waals surface area (Å²) in [7, 11) is 0. The first-order valence-electron chi connectivity index (χ1n) is 5.58. The first-order valence-corrected chi connectivity index (χ1v) is 5.58. The van der Waals surface area contributed by atoms with Crippen molar-refractivity contribution < 1.29 is 9.53 Å². The van der Waals surface area contributed by atoms with Crippen LogP contribution in [0.4, 0.5) is 0 Å². The fourth-order valence-corrected chi connectivity index (χ4v) is 1.27. The Kier molecular flexibility index (Phi) is 9.32. The maximum atomic E-state index is 11.1. The van der Waals surface area contributed by atoms with Gasteiger partial charge in [-0.1, -0.05) is 36.5 Å². The number of hydrogen-bond donors (Lipinski definition) is 1. The van der Waals surface area contributed by atoms with Gasteiger partial charge in [0.2, 0.25) is 0 Å². The van der Waals surface area contributed by atoms with Crippen LogP contribution in [0.25, 0.3) is 0 Å². The Hall–Kier alpha value is -1.35. The molecule has 0 rings (SSSR count). The molecule has 0 unspecified atom stereocenters. The molecule has 0 bridgehead atoms. The van der Waals surface area contributed by atoms with Crippen LogP contribution in [0.15, 0.2) is 36.5 Å². The van der Waals surface area contributed by atoms with E-state index in [1.54, 1.807) is 6.08 Å². The zero-order chi connectivity index (χ0) is 12.2. The minimum Gasteiger partial charge on any atom is -0.466 e. The van der Waals surface area contributed by atoms with Crippen LogP contribution in [0.3, 0.4) is 0 Å². The highest BCUT2D eigenvalue weighted by Gasteiger charge is 2.01. The number of carbonyl (C=O) groups is 1. The molecule has 0 fully saturated rings. The summed E-state index contributed by atoms with van der Waals surface area (Å²) < 4.78 is 4.85. The maximum Gasteiger partial charge on any atom is 0.305 e. The van der Waals surface area contributed by atoms with Gasteiger partial charge in [0, 0.05) is 13.0 Å². The molecule has 0 aromatic carbocycles. The lowest BCUT2D eigenvalue weighted by molar-refractivity contribution is -0.143. The van der Waals surface area contributed by atoms with Crippen molar-refractivity contribution in [1.82, 2.24) is 0 Å². The molecule has 0 aromatic rings. The number of carbonyl (C=O) groups excluding carboxylic acids is 1. The minimum atomic E-state index is -0.137. The lowest BCUT2D eigenvalue weighted by Crippen LogP contribution is -2.03. The number of ether oxygens (including phenoxy) is 1. The van der Waals surface area contributed by atoms with Crippen molar-refractivity contribution in [2.75, 3.05) is 13.2 Å². The molecule has 0 atom stereocenters. The molecule has 2 N–H and O–H groups in total. The largest absolute Gasteiger partial charge is 0.466 e. The van der Waals surface area contributed by atoms with Crippen molar-refractivity contribution >= 4 is 5.97 Å². The first-order chi connectivity index (χ1) is 7.74. The van der Waals surface area contributed by atoms with E-state index < -0.39 is 0 Å². The summed E-state index contributed by atoms with van der Waals surface area (Å²) in [6, 6.07) is 0. The van der Waals surface area contributed by atoms with Crippen LogP contribution in [-0.4, -0.2) is 19.1 Å². The zero-order valence-corrected chi connectivity index (χ0v) is 9.95. The average molecular weight is 223 g/mol. The van der Waals surface area contributed by atoms with E-state index >= 15 is 0 Å². The van der Waals surface area contributed by atoms with Crippen molar-refractivity contribution in [3.8, 4) is 0 Å². The van der Waals surface area contributed by atoms with Gasteiger partial charge in [0.25, 0.3) is 0 Å². The highest BCUT2D eigenvalue weighted by Crippen LogP contribution is 2.09. The summed E-state index contributed by atoms with van der Waals surface area (Å²) in [6.45, 7) is 6.37. The predicted molar refractivity (Wildman–Crippen MR) is 67.0 cm³/mol. The van der Waals surface area contributed by atoms with E-state index in [1.165, 1.54) is 0 Å². The molecule has 3 heteroatoms. The molecule has 90 valence electrons. The molecule has 0 saturated heterocycles. The molecule has 3 nitrogen and oxygen atoms in total. The van der Waals surface area contributed by atoms with Crippen molar-refractivity contribution in [3.63, 3.8) is 0 Å². The molecule has 0 aliphatic carbocycles. The number of hydrogen-bond acceptors (Lipinski definition) is 3. The van der Waals surface area contributed by atoms with E-state index in [1.807, 2.05) is 25.2 Å². The quantitative estimate of drug-likeness (QED) is 0.507.